The highest BCUT2D eigenvalue weighted by Crippen LogP contribution is 2.62. The smallest absolute Gasteiger partial charge is 0.334 e. The van der Waals surface area contributed by atoms with E-state index in [1.54, 1.807) is 6.92 Å². The van der Waals surface area contributed by atoms with Gasteiger partial charge in [-0.2, -0.15) is 0 Å². The fraction of sp³-hybridized carbons (Fsp3) is 0.700. The van der Waals surface area contributed by atoms with Crippen LogP contribution in [0, 0.1) is 16.7 Å². The van der Waals surface area contributed by atoms with Crippen molar-refractivity contribution in [3.8, 4) is 0 Å². The van der Waals surface area contributed by atoms with Gasteiger partial charge in [-0.25, -0.2) is 4.79 Å². The Kier molecular flexibility index (Phi) is 4.02. The summed E-state index contributed by atoms with van der Waals surface area (Å²) in [5.74, 6) is 0.579. The predicted octanol–water partition coefficient (Wildman–Crippen LogP) is 4.37. The maximum absolute atomic E-state index is 12.2. The Morgan fingerprint density at radius 1 is 1.26 bits per heavy atom. The van der Waals surface area contributed by atoms with Crippen molar-refractivity contribution < 1.29 is 14.3 Å². The minimum absolute atomic E-state index is 0.117. The molecule has 2 atom stereocenters. The van der Waals surface area contributed by atoms with E-state index in [4.69, 9.17) is 4.74 Å². The molecule has 0 saturated heterocycles. The number of allylic oxidation sites excluding steroid dienone is 2. The zero-order valence-electron chi connectivity index (χ0n) is 14.8. The van der Waals surface area contributed by atoms with Crippen LogP contribution in [0.5, 0.6) is 0 Å². The van der Waals surface area contributed by atoms with Gasteiger partial charge in [0.1, 0.15) is 6.61 Å². The molecule has 0 N–H and O–H groups in total. The summed E-state index contributed by atoms with van der Waals surface area (Å²) in [6, 6.07) is 0. The van der Waals surface area contributed by atoms with Gasteiger partial charge in [-0.15, -0.1) is 0 Å². The average molecular weight is 316 g/mol. The van der Waals surface area contributed by atoms with Crippen LogP contribution in [0.15, 0.2) is 22.8 Å². The monoisotopic (exact) mass is 316 g/mol. The number of ketones is 1. The van der Waals surface area contributed by atoms with Crippen LogP contribution in [0.25, 0.3) is 0 Å². The van der Waals surface area contributed by atoms with E-state index in [1.807, 2.05) is 6.08 Å². The maximum atomic E-state index is 12.2. The Labute approximate surface area is 139 Å². The second-order valence-electron chi connectivity index (χ2n) is 8.36. The van der Waals surface area contributed by atoms with Crippen LogP contribution < -0.4 is 0 Å². The van der Waals surface area contributed by atoms with Gasteiger partial charge < -0.3 is 4.74 Å². The second kappa shape index (κ2) is 5.61. The second-order valence-corrected chi connectivity index (χ2v) is 8.36. The molecular formula is C20H28O3. The fourth-order valence-corrected chi connectivity index (χ4v) is 5.31. The SMILES string of the molecule is CC(=O)C1=C(CCC2=CCOC2=O)[C@]2(C)CCCC(C)(C)[C@H]2C1. The molecule has 2 aliphatic carbocycles. The summed E-state index contributed by atoms with van der Waals surface area (Å²) in [4.78, 5) is 23.9. The van der Waals surface area contributed by atoms with E-state index in [0.29, 0.717) is 18.9 Å². The predicted molar refractivity (Wildman–Crippen MR) is 89.8 cm³/mol. The molecule has 0 aromatic heterocycles. The lowest BCUT2D eigenvalue weighted by Gasteiger charge is -2.49. The Balaban J connectivity index is 1.89. The molecule has 3 nitrogen and oxygen atoms in total. The van der Waals surface area contributed by atoms with Gasteiger partial charge in [0.2, 0.25) is 0 Å². The number of Topliss-reactive ketones (excluding diaryl/α,β-unsaturated/α-hetero) is 1. The standard InChI is InChI=1S/C20H28O3/c1-13(21)15-12-17-19(2,3)9-5-10-20(17,4)16(15)7-6-14-8-11-23-18(14)22/h8,17H,5-7,9-12H2,1-4H3/t17-,20+/m1/s1. The molecule has 0 bridgehead atoms. The van der Waals surface area contributed by atoms with E-state index < -0.39 is 0 Å². The lowest BCUT2D eigenvalue weighted by molar-refractivity contribution is -0.136. The molecule has 23 heavy (non-hydrogen) atoms. The quantitative estimate of drug-likeness (QED) is 0.723. The van der Waals surface area contributed by atoms with Crippen LogP contribution in [0.1, 0.15) is 66.2 Å². The van der Waals surface area contributed by atoms with Crippen LogP contribution >= 0.6 is 0 Å². The number of fused-ring (bicyclic) bond motifs is 1. The molecule has 1 saturated carbocycles. The largest absolute Gasteiger partial charge is 0.458 e. The van der Waals surface area contributed by atoms with Crippen molar-refractivity contribution in [2.45, 2.75) is 66.2 Å². The highest BCUT2D eigenvalue weighted by Gasteiger charge is 2.53. The van der Waals surface area contributed by atoms with Gasteiger partial charge in [0.25, 0.3) is 0 Å². The van der Waals surface area contributed by atoms with Crippen LogP contribution in [0.4, 0.5) is 0 Å². The van der Waals surface area contributed by atoms with Gasteiger partial charge >= 0.3 is 5.97 Å². The van der Waals surface area contributed by atoms with E-state index in [9.17, 15) is 9.59 Å². The van der Waals surface area contributed by atoms with Gasteiger partial charge in [-0.3, -0.25) is 4.79 Å². The van der Waals surface area contributed by atoms with Crippen molar-refractivity contribution in [1.82, 2.24) is 0 Å². The molecular weight excluding hydrogens is 288 g/mol. The molecule has 1 aliphatic heterocycles. The summed E-state index contributed by atoms with van der Waals surface area (Å²) < 4.78 is 5.01. The van der Waals surface area contributed by atoms with Gasteiger partial charge in [0, 0.05) is 5.57 Å². The van der Waals surface area contributed by atoms with Gasteiger partial charge in [-0.1, -0.05) is 32.8 Å². The average Bonchev–Trinajstić information content (AvgIpc) is 2.98. The Morgan fingerprint density at radius 3 is 2.61 bits per heavy atom. The van der Waals surface area contributed by atoms with Crippen LogP contribution in [0.2, 0.25) is 0 Å². The summed E-state index contributed by atoms with van der Waals surface area (Å²) in [6.07, 6.45) is 7.94. The zero-order chi connectivity index (χ0) is 16.8. The lowest BCUT2D eigenvalue weighted by Crippen LogP contribution is -2.40. The number of carbonyl (C=O) groups is 2. The molecule has 0 radical (unpaired) electrons. The molecule has 1 heterocycles. The number of cyclic esters (lactones) is 1. The summed E-state index contributed by atoms with van der Waals surface area (Å²) >= 11 is 0. The first-order valence-electron chi connectivity index (χ1n) is 8.85. The van der Waals surface area contributed by atoms with Crippen molar-refractivity contribution in [1.29, 1.82) is 0 Å². The summed E-state index contributed by atoms with van der Waals surface area (Å²) in [7, 11) is 0. The summed E-state index contributed by atoms with van der Waals surface area (Å²) in [6.45, 7) is 9.16. The first-order chi connectivity index (χ1) is 10.8. The fourth-order valence-electron chi connectivity index (χ4n) is 5.31. The van der Waals surface area contributed by atoms with E-state index in [2.05, 4.69) is 20.8 Å². The molecule has 126 valence electrons. The number of hydrogen-bond acceptors (Lipinski definition) is 3. The molecule has 0 unspecified atom stereocenters. The Bertz CT molecular complexity index is 608. The molecule has 0 amide bonds. The zero-order valence-corrected chi connectivity index (χ0v) is 14.8. The van der Waals surface area contributed by atoms with Crippen molar-refractivity contribution >= 4 is 11.8 Å². The highest BCUT2D eigenvalue weighted by atomic mass is 16.5. The van der Waals surface area contributed by atoms with E-state index >= 15 is 0 Å². The number of esters is 1. The minimum Gasteiger partial charge on any atom is -0.458 e. The van der Waals surface area contributed by atoms with Gasteiger partial charge in [-0.05, 0) is 67.4 Å². The van der Waals surface area contributed by atoms with E-state index in [-0.39, 0.29) is 22.6 Å². The molecule has 0 spiro atoms. The van der Waals surface area contributed by atoms with Crippen molar-refractivity contribution in [2.75, 3.05) is 6.61 Å². The van der Waals surface area contributed by atoms with Crippen molar-refractivity contribution in [2.24, 2.45) is 16.7 Å². The molecule has 0 aromatic rings. The van der Waals surface area contributed by atoms with Gasteiger partial charge in [0.05, 0.1) is 0 Å². The third-order valence-corrected chi connectivity index (χ3v) is 6.57. The van der Waals surface area contributed by atoms with Crippen LogP contribution in [-0.2, 0) is 14.3 Å². The molecule has 1 fully saturated rings. The number of carbonyl (C=O) groups excluding carboxylic acids is 2. The summed E-state index contributed by atoms with van der Waals surface area (Å²) in [5.41, 5.74) is 3.54. The van der Waals surface area contributed by atoms with Crippen molar-refractivity contribution in [3.63, 3.8) is 0 Å². The number of ether oxygens (including phenoxy) is 1. The number of rotatable bonds is 4. The molecule has 0 aromatic carbocycles. The molecule has 3 aliphatic rings. The molecule has 3 heteroatoms. The highest BCUT2D eigenvalue weighted by molar-refractivity contribution is 5.95. The third-order valence-electron chi connectivity index (χ3n) is 6.57. The normalized spacial score (nSPS) is 32.6. The van der Waals surface area contributed by atoms with Gasteiger partial charge in [0.15, 0.2) is 5.78 Å². The Hall–Kier alpha value is -1.38. The topological polar surface area (TPSA) is 43.4 Å². The summed E-state index contributed by atoms with van der Waals surface area (Å²) in [5, 5.41) is 0. The first-order valence-corrected chi connectivity index (χ1v) is 8.85. The molecule has 3 rings (SSSR count). The Morgan fingerprint density at radius 2 is 2.00 bits per heavy atom. The lowest BCUT2D eigenvalue weighted by atomic mass is 9.56. The van der Waals surface area contributed by atoms with Crippen LogP contribution in [0.3, 0.4) is 0 Å². The maximum Gasteiger partial charge on any atom is 0.334 e. The van der Waals surface area contributed by atoms with E-state index in [0.717, 1.165) is 30.4 Å². The first kappa shape index (κ1) is 16.5. The minimum atomic E-state index is -0.182. The number of hydrogen-bond donors (Lipinski definition) is 0. The van der Waals surface area contributed by atoms with Crippen LogP contribution in [-0.4, -0.2) is 18.4 Å². The van der Waals surface area contributed by atoms with Crippen molar-refractivity contribution in [3.05, 3.63) is 22.8 Å². The third kappa shape index (κ3) is 2.68. The van der Waals surface area contributed by atoms with E-state index in [1.165, 1.54) is 18.4 Å².